The molecule has 0 radical (unpaired) electrons. The lowest BCUT2D eigenvalue weighted by atomic mass is 10.0. The molecule has 0 aromatic carbocycles. The second kappa shape index (κ2) is 12.5. The van der Waals surface area contributed by atoms with Crippen molar-refractivity contribution in [3.63, 3.8) is 0 Å². The minimum absolute atomic E-state index is 0.322. The highest BCUT2D eigenvalue weighted by molar-refractivity contribution is 5.79. The van der Waals surface area contributed by atoms with Gasteiger partial charge in [0.25, 0.3) is 0 Å². The van der Waals surface area contributed by atoms with E-state index in [0.29, 0.717) is 17.9 Å². The van der Waals surface area contributed by atoms with Gasteiger partial charge >= 0.3 is 0 Å². The fourth-order valence-electron chi connectivity index (χ4n) is 3.30. The number of hydrogen-bond donors (Lipinski definition) is 2. The second-order valence-electron chi connectivity index (χ2n) is 7.13. The van der Waals surface area contributed by atoms with Crippen molar-refractivity contribution in [3.05, 3.63) is 0 Å². The maximum Gasteiger partial charge on any atom is 0.191 e. The molecule has 24 heavy (non-hydrogen) atoms. The first-order valence-electron chi connectivity index (χ1n) is 9.96. The SMILES string of the molecule is CCCN1CCC(CN=C(NCC)NCCC(OCC)C(C)C)C1. The molecule has 0 spiro atoms. The first kappa shape index (κ1) is 21.2. The number of ether oxygens (including phenoxy) is 1. The molecule has 1 fully saturated rings. The average Bonchev–Trinajstić information content (AvgIpc) is 2.99. The lowest BCUT2D eigenvalue weighted by molar-refractivity contribution is 0.0258. The van der Waals surface area contributed by atoms with Crippen molar-refractivity contribution in [3.8, 4) is 0 Å². The largest absolute Gasteiger partial charge is 0.378 e. The van der Waals surface area contributed by atoms with Crippen LogP contribution in [0.4, 0.5) is 0 Å². The van der Waals surface area contributed by atoms with Gasteiger partial charge in [-0.25, -0.2) is 0 Å². The lowest BCUT2D eigenvalue weighted by Gasteiger charge is -2.21. The summed E-state index contributed by atoms with van der Waals surface area (Å²) < 4.78 is 5.82. The molecule has 0 amide bonds. The number of nitrogens with zero attached hydrogens (tertiary/aromatic N) is 2. The Balaban J connectivity index is 2.37. The van der Waals surface area contributed by atoms with Crippen LogP contribution in [-0.4, -0.2) is 62.8 Å². The summed E-state index contributed by atoms with van der Waals surface area (Å²) in [5.74, 6) is 2.21. The van der Waals surface area contributed by atoms with E-state index in [1.54, 1.807) is 0 Å². The van der Waals surface area contributed by atoms with E-state index in [2.05, 4.69) is 50.2 Å². The molecule has 2 N–H and O–H groups in total. The summed E-state index contributed by atoms with van der Waals surface area (Å²) in [6.07, 6.45) is 3.87. The van der Waals surface area contributed by atoms with Crippen LogP contribution in [0, 0.1) is 11.8 Å². The number of hydrogen-bond acceptors (Lipinski definition) is 3. The summed E-state index contributed by atoms with van der Waals surface area (Å²) in [6, 6.07) is 0. The van der Waals surface area contributed by atoms with Crippen molar-refractivity contribution in [1.29, 1.82) is 0 Å². The highest BCUT2D eigenvalue weighted by Crippen LogP contribution is 2.16. The van der Waals surface area contributed by atoms with Gasteiger partial charge in [-0.1, -0.05) is 20.8 Å². The Bertz CT molecular complexity index is 346. The van der Waals surface area contributed by atoms with Crippen LogP contribution in [0.25, 0.3) is 0 Å². The third kappa shape index (κ3) is 8.34. The first-order valence-corrected chi connectivity index (χ1v) is 9.96. The topological polar surface area (TPSA) is 48.9 Å². The van der Waals surface area contributed by atoms with Gasteiger partial charge in [-0.2, -0.15) is 0 Å². The number of guanidine groups is 1. The molecule has 0 aliphatic carbocycles. The molecule has 5 nitrogen and oxygen atoms in total. The molecular formula is C19H40N4O. The molecule has 2 atom stereocenters. The smallest absolute Gasteiger partial charge is 0.191 e. The second-order valence-corrected chi connectivity index (χ2v) is 7.13. The van der Waals surface area contributed by atoms with Crippen molar-refractivity contribution < 1.29 is 4.74 Å². The van der Waals surface area contributed by atoms with E-state index in [1.807, 2.05) is 0 Å². The van der Waals surface area contributed by atoms with Crippen molar-refractivity contribution in [1.82, 2.24) is 15.5 Å². The number of likely N-dealkylation sites (tertiary alicyclic amines) is 1. The van der Waals surface area contributed by atoms with Crippen LogP contribution in [0.3, 0.4) is 0 Å². The van der Waals surface area contributed by atoms with Crippen LogP contribution in [0.15, 0.2) is 4.99 Å². The van der Waals surface area contributed by atoms with Gasteiger partial charge in [-0.15, -0.1) is 0 Å². The zero-order chi connectivity index (χ0) is 17.8. The molecule has 2 unspecified atom stereocenters. The Hall–Kier alpha value is -0.810. The average molecular weight is 341 g/mol. The van der Waals surface area contributed by atoms with Gasteiger partial charge in [0.15, 0.2) is 5.96 Å². The molecule has 5 heteroatoms. The highest BCUT2D eigenvalue weighted by atomic mass is 16.5. The molecule has 142 valence electrons. The van der Waals surface area contributed by atoms with Gasteiger partial charge in [0.2, 0.25) is 0 Å². The van der Waals surface area contributed by atoms with Crippen LogP contribution in [0.5, 0.6) is 0 Å². The van der Waals surface area contributed by atoms with Crippen molar-refractivity contribution >= 4 is 5.96 Å². The minimum atomic E-state index is 0.322. The van der Waals surface area contributed by atoms with Gasteiger partial charge in [0, 0.05) is 32.8 Å². The molecule has 1 heterocycles. The third-order valence-electron chi connectivity index (χ3n) is 4.61. The summed E-state index contributed by atoms with van der Waals surface area (Å²) in [5.41, 5.74) is 0. The molecular weight excluding hydrogens is 300 g/mol. The Morgan fingerprint density at radius 1 is 1.25 bits per heavy atom. The summed E-state index contributed by atoms with van der Waals surface area (Å²) >= 11 is 0. The Labute approximate surface area is 149 Å². The molecule has 0 bridgehead atoms. The number of nitrogens with one attached hydrogen (secondary N) is 2. The van der Waals surface area contributed by atoms with Crippen LogP contribution in [-0.2, 0) is 4.74 Å². The standard InChI is InChI=1S/C19H40N4O/c1-6-12-23-13-10-17(15-23)14-22-19(20-7-2)21-11-9-18(16(4)5)24-8-3/h16-18H,6-15H2,1-5H3,(H2,20,21,22). The fraction of sp³-hybridized carbons (Fsp3) is 0.947. The summed E-state index contributed by atoms with van der Waals surface area (Å²) in [6.45, 7) is 18.1. The van der Waals surface area contributed by atoms with E-state index in [1.165, 1.54) is 32.5 Å². The predicted molar refractivity (Wildman–Crippen MR) is 104 cm³/mol. The zero-order valence-corrected chi connectivity index (χ0v) is 16.6. The Kier molecular flexibility index (Phi) is 11.1. The predicted octanol–water partition coefficient (Wildman–Crippen LogP) is 2.72. The van der Waals surface area contributed by atoms with Crippen LogP contribution in [0.1, 0.15) is 53.9 Å². The van der Waals surface area contributed by atoms with Crippen LogP contribution in [0.2, 0.25) is 0 Å². The van der Waals surface area contributed by atoms with E-state index >= 15 is 0 Å². The molecule has 1 rings (SSSR count). The van der Waals surface area contributed by atoms with Crippen molar-refractivity contribution in [2.45, 2.75) is 60.0 Å². The number of rotatable bonds is 11. The van der Waals surface area contributed by atoms with Gasteiger partial charge in [0.1, 0.15) is 0 Å². The Morgan fingerprint density at radius 2 is 2.04 bits per heavy atom. The van der Waals surface area contributed by atoms with Crippen molar-refractivity contribution in [2.75, 3.05) is 45.9 Å². The molecule has 0 saturated carbocycles. The van der Waals surface area contributed by atoms with Crippen LogP contribution < -0.4 is 10.6 Å². The lowest BCUT2D eigenvalue weighted by Crippen LogP contribution is -2.39. The van der Waals surface area contributed by atoms with Crippen molar-refractivity contribution in [2.24, 2.45) is 16.8 Å². The van der Waals surface area contributed by atoms with Crippen LogP contribution >= 0.6 is 0 Å². The van der Waals surface area contributed by atoms with Gasteiger partial charge in [0.05, 0.1) is 6.10 Å². The van der Waals surface area contributed by atoms with E-state index in [-0.39, 0.29) is 0 Å². The molecule has 0 aromatic heterocycles. The van der Waals surface area contributed by atoms with Gasteiger partial charge in [-0.3, -0.25) is 4.99 Å². The maximum atomic E-state index is 5.82. The summed E-state index contributed by atoms with van der Waals surface area (Å²) in [4.78, 5) is 7.37. The highest BCUT2D eigenvalue weighted by Gasteiger charge is 2.21. The monoisotopic (exact) mass is 340 g/mol. The zero-order valence-electron chi connectivity index (χ0n) is 16.6. The third-order valence-corrected chi connectivity index (χ3v) is 4.61. The molecule has 1 saturated heterocycles. The van der Waals surface area contributed by atoms with Gasteiger partial charge in [-0.05, 0) is 58.0 Å². The number of aliphatic imine (C=N–C) groups is 1. The fourth-order valence-corrected chi connectivity index (χ4v) is 3.30. The van der Waals surface area contributed by atoms with E-state index in [9.17, 15) is 0 Å². The maximum absolute atomic E-state index is 5.82. The minimum Gasteiger partial charge on any atom is -0.378 e. The Morgan fingerprint density at radius 3 is 2.67 bits per heavy atom. The molecule has 1 aliphatic rings. The summed E-state index contributed by atoms with van der Waals surface area (Å²) in [5, 5.41) is 6.83. The van der Waals surface area contributed by atoms with E-state index < -0.39 is 0 Å². The first-order chi connectivity index (χ1) is 11.6. The normalized spacial score (nSPS) is 20.6. The summed E-state index contributed by atoms with van der Waals surface area (Å²) in [7, 11) is 0. The van der Waals surface area contributed by atoms with Gasteiger partial charge < -0.3 is 20.3 Å². The molecule has 1 aliphatic heterocycles. The quantitative estimate of drug-likeness (QED) is 0.448. The van der Waals surface area contributed by atoms with E-state index in [0.717, 1.165) is 38.6 Å². The van der Waals surface area contributed by atoms with E-state index in [4.69, 9.17) is 9.73 Å². The molecule has 0 aromatic rings.